The molecule has 2 aliphatic heterocycles. The number of rotatable bonds is 6. The van der Waals surface area contributed by atoms with E-state index in [1.807, 2.05) is 13.0 Å². The van der Waals surface area contributed by atoms with E-state index in [-0.39, 0.29) is 17.8 Å². The molecule has 1 aliphatic carbocycles. The predicted octanol–water partition coefficient (Wildman–Crippen LogP) is 3.94. The van der Waals surface area contributed by atoms with Gasteiger partial charge in [-0.25, -0.2) is 0 Å². The molecule has 4 heterocycles. The third kappa shape index (κ3) is 4.04. The Hall–Kier alpha value is -3.19. The van der Waals surface area contributed by atoms with E-state index in [2.05, 4.69) is 52.5 Å². The molecule has 6 rings (SSSR count). The summed E-state index contributed by atoms with van der Waals surface area (Å²) in [5.41, 5.74) is 6.36. The number of aryl methyl sites for hydroxylation is 1. The molecule has 3 aliphatic rings. The Kier molecular flexibility index (Phi) is 6.06. The molecule has 0 saturated carbocycles. The molecular weight excluding hydrogens is 459 g/mol. The normalized spacial score (nSPS) is 20.3. The fourth-order valence-corrected chi connectivity index (χ4v) is 5.99. The van der Waals surface area contributed by atoms with Crippen molar-refractivity contribution in [3.05, 3.63) is 83.2 Å². The number of nitrogens with zero attached hydrogens (tertiary/aromatic N) is 3. The first-order valence-electron chi connectivity index (χ1n) is 12.6. The maximum Gasteiger partial charge on any atom is 0.126 e. The van der Waals surface area contributed by atoms with Gasteiger partial charge in [-0.15, -0.1) is 0 Å². The summed E-state index contributed by atoms with van der Waals surface area (Å²) in [5, 5.41) is 2.43. The van der Waals surface area contributed by atoms with E-state index < -0.39 is 5.11 Å². The molecule has 1 fully saturated rings. The third-order valence-corrected chi connectivity index (χ3v) is 7.61. The zero-order chi connectivity index (χ0) is 25.7. The zero-order valence-electron chi connectivity index (χ0n) is 21.1. The van der Waals surface area contributed by atoms with Crippen molar-refractivity contribution in [2.24, 2.45) is 5.92 Å². The van der Waals surface area contributed by atoms with Crippen molar-refractivity contribution in [2.45, 2.75) is 37.0 Å². The molecule has 0 N–H and O–H groups in total. The molecule has 6 nitrogen and oxygen atoms in total. The Morgan fingerprint density at radius 1 is 1.14 bits per heavy atom. The van der Waals surface area contributed by atoms with Crippen LogP contribution in [-0.4, -0.2) is 60.0 Å². The number of aromatic nitrogens is 2. The number of ether oxygens (including phenoxy) is 2. The van der Waals surface area contributed by atoms with Crippen LogP contribution in [0.25, 0.3) is 16.7 Å². The topological polar surface area (TPSA) is 60.6 Å². The van der Waals surface area contributed by atoms with Crippen LogP contribution in [0.15, 0.2) is 65.0 Å². The first kappa shape index (κ1) is 24.2. The maximum absolute atomic E-state index is 6.03. The monoisotopic (exact) mass is 485 g/mol. The van der Waals surface area contributed by atoms with Gasteiger partial charge in [-0.3, -0.25) is 4.98 Å². The fraction of sp³-hybridized carbons (Fsp3) is 0.357. The van der Waals surface area contributed by atoms with Crippen molar-refractivity contribution in [1.29, 1.82) is 0 Å². The van der Waals surface area contributed by atoms with E-state index in [4.69, 9.17) is 42.5 Å². The first-order valence-corrected chi connectivity index (χ1v) is 12.6. The van der Waals surface area contributed by atoms with Crippen LogP contribution >= 0.6 is 0 Å². The number of pyridine rings is 1. The second kappa shape index (κ2) is 9.28. The van der Waals surface area contributed by atoms with Crippen molar-refractivity contribution < 1.29 is 14.0 Å². The molecule has 1 saturated heterocycles. The molecule has 6 radical (unpaired) electrons. The number of hydrogen-bond donors (Lipinski definition) is 0. The first-order chi connectivity index (χ1) is 17.9. The fourth-order valence-electron chi connectivity index (χ4n) is 5.99. The van der Waals surface area contributed by atoms with Crippen molar-refractivity contribution in [3.8, 4) is 11.1 Å². The standard InChI is InChI=1S/C28H26B3N3O3/c1-16-23(27(37-33-16)28(29,30)31)19-14-21-25(32-15-19)24-20(8-9-22(24)35-2)34(21)26(17-6-4-3-5-7-17)18-10-12-36-13-11-18/h3-9,14-15,18,20,26H,10-13H2,1-2H3/t20?,26-/m1/s1. The van der Waals surface area contributed by atoms with Gasteiger partial charge in [0.15, 0.2) is 0 Å². The van der Waals surface area contributed by atoms with Crippen LogP contribution in [0.1, 0.15) is 41.6 Å². The van der Waals surface area contributed by atoms with Crippen LogP contribution in [0.5, 0.6) is 0 Å². The number of fused-ring (bicyclic) bond motifs is 3. The average molecular weight is 485 g/mol. The average Bonchev–Trinajstić information content (AvgIpc) is 3.58. The van der Waals surface area contributed by atoms with Gasteiger partial charge in [-0.2, -0.15) is 0 Å². The van der Waals surface area contributed by atoms with Gasteiger partial charge in [-0.1, -0.05) is 46.7 Å². The van der Waals surface area contributed by atoms with Crippen LogP contribution in [0.3, 0.4) is 0 Å². The highest BCUT2D eigenvalue weighted by atomic mass is 16.5. The molecule has 2 atom stereocenters. The van der Waals surface area contributed by atoms with E-state index in [0.717, 1.165) is 54.3 Å². The molecule has 1 aromatic carbocycles. The molecular formula is C28H26B3N3O3. The third-order valence-electron chi connectivity index (χ3n) is 7.61. The van der Waals surface area contributed by atoms with E-state index >= 15 is 0 Å². The highest BCUT2D eigenvalue weighted by Gasteiger charge is 2.45. The second-order valence-corrected chi connectivity index (χ2v) is 10.00. The van der Waals surface area contributed by atoms with Gasteiger partial charge in [-0.05, 0) is 43.4 Å². The lowest BCUT2D eigenvalue weighted by atomic mass is 9.41. The van der Waals surface area contributed by atoms with Crippen molar-refractivity contribution in [1.82, 2.24) is 10.1 Å². The molecule has 9 heteroatoms. The van der Waals surface area contributed by atoms with Gasteiger partial charge in [0.1, 0.15) is 11.5 Å². The Bertz CT molecular complexity index is 1370. The largest absolute Gasteiger partial charge is 0.496 e. The van der Waals surface area contributed by atoms with Gasteiger partial charge in [0, 0.05) is 36.1 Å². The summed E-state index contributed by atoms with van der Waals surface area (Å²) in [7, 11) is 19.8. The van der Waals surface area contributed by atoms with Crippen LogP contribution in [0.2, 0.25) is 0 Å². The summed E-state index contributed by atoms with van der Waals surface area (Å²) < 4.78 is 17.0. The van der Waals surface area contributed by atoms with Crippen LogP contribution in [0.4, 0.5) is 5.69 Å². The molecule has 180 valence electrons. The highest BCUT2D eigenvalue weighted by Crippen LogP contribution is 2.52. The summed E-state index contributed by atoms with van der Waals surface area (Å²) in [6.45, 7) is 3.36. The zero-order valence-corrected chi connectivity index (χ0v) is 21.1. The minimum Gasteiger partial charge on any atom is -0.496 e. The summed E-state index contributed by atoms with van der Waals surface area (Å²) in [5.74, 6) is 1.46. The van der Waals surface area contributed by atoms with Crippen LogP contribution in [-0.2, 0) is 14.6 Å². The van der Waals surface area contributed by atoms with E-state index in [1.54, 1.807) is 13.3 Å². The highest BCUT2D eigenvalue weighted by molar-refractivity contribution is 6.59. The van der Waals surface area contributed by atoms with Crippen molar-refractivity contribution in [3.63, 3.8) is 0 Å². The summed E-state index contributed by atoms with van der Waals surface area (Å²) >= 11 is 0. The Morgan fingerprint density at radius 3 is 2.59 bits per heavy atom. The molecule has 37 heavy (non-hydrogen) atoms. The quantitative estimate of drug-likeness (QED) is 0.494. The van der Waals surface area contributed by atoms with Crippen molar-refractivity contribution in [2.75, 3.05) is 25.2 Å². The lowest BCUT2D eigenvalue weighted by molar-refractivity contribution is 0.0572. The van der Waals surface area contributed by atoms with Gasteiger partial charge in [0.2, 0.25) is 0 Å². The SMILES string of the molecule is [B]C([B])([B])c1onc(C)c1-c1cnc2c(c1)N([C@H](c1ccccc1)C1CCOCC1)C1C=CC(OC)=C21. The second-order valence-electron chi connectivity index (χ2n) is 10.00. The van der Waals surface area contributed by atoms with E-state index in [0.29, 0.717) is 17.2 Å². The summed E-state index contributed by atoms with van der Waals surface area (Å²) in [4.78, 5) is 7.44. The number of methoxy groups -OCH3 is 1. The maximum atomic E-state index is 6.03. The number of anilines is 1. The molecule has 1 unspecified atom stereocenters. The number of hydrogen-bond acceptors (Lipinski definition) is 6. The predicted molar refractivity (Wildman–Crippen MR) is 145 cm³/mol. The number of benzene rings is 1. The van der Waals surface area contributed by atoms with Crippen LogP contribution < -0.4 is 4.90 Å². The molecule has 0 amide bonds. The molecule has 0 bridgehead atoms. The van der Waals surface area contributed by atoms with E-state index in [1.165, 1.54) is 5.56 Å². The smallest absolute Gasteiger partial charge is 0.126 e. The van der Waals surface area contributed by atoms with Crippen molar-refractivity contribution >= 4 is 34.8 Å². The summed E-state index contributed by atoms with van der Waals surface area (Å²) in [6, 6.07) is 12.9. The molecule has 2 aromatic heterocycles. The van der Waals surface area contributed by atoms with E-state index in [9.17, 15) is 0 Å². The van der Waals surface area contributed by atoms with Gasteiger partial charge in [0.05, 0.1) is 59.8 Å². The lowest BCUT2D eigenvalue weighted by Gasteiger charge is -2.41. The van der Waals surface area contributed by atoms with Gasteiger partial charge >= 0.3 is 0 Å². The van der Waals surface area contributed by atoms with Gasteiger partial charge < -0.3 is 18.9 Å². The van der Waals surface area contributed by atoms with Gasteiger partial charge in [0.25, 0.3) is 0 Å². The Labute approximate surface area is 221 Å². The summed E-state index contributed by atoms with van der Waals surface area (Å²) in [6.07, 6.45) is 8.02. The molecule has 0 spiro atoms. The number of allylic oxidation sites excluding steroid dienone is 1. The Morgan fingerprint density at radius 2 is 1.89 bits per heavy atom. The Balaban J connectivity index is 1.55. The minimum atomic E-state index is -1.67. The molecule has 3 aromatic rings. The van der Waals surface area contributed by atoms with Crippen LogP contribution in [0, 0.1) is 12.8 Å². The lowest BCUT2D eigenvalue weighted by Crippen LogP contribution is -2.39. The minimum absolute atomic E-state index is 0.00130.